The molecule has 0 unspecified atom stereocenters. The lowest BCUT2D eigenvalue weighted by Crippen LogP contribution is -2.35. The van der Waals surface area contributed by atoms with E-state index < -0.39 is 18.7 Å². The van der Waals surface area contributed by atoms with Crippen LogP contribution in [0.4, 0.5) is 4.79 Å². The van der Waals surface area contributed by atoms with Gasteiger partial charge in [-0.15, -0.1) is 0 Å². The van der Waals surface area contributed by atoms with Gasteiger partial charge >= 0.3 is 6.09 Å². The largest absolute Gasteiger partial charge is 0.420 e. The monoisotopic (exact) mass is 407 g/mol. The van der Waals surface area contributed by atoms with Gasteiger partial charge in [0.2, 0.25) is 6.29 Å². The minimum absolute atomic E-state index is 0.0169. The van der Waals surface area contributed by atoms with E-state index in [4.69, 9.17) is 14.2 Å². The van der Waals surface area contributed by atoms with Crippen molar-refractivity contribution >= 4 is 28.7 Å². The van der Waals surface area contributed by atoms with Gasteiger partial charge < -0.3 is 19.5 Å². The highest BCUT2D eigenvalue weighted by Crippen LogP contribution is 2.25. The van der Waals surface area contributed by atoms with E-state index in [1.54, 1.807) is 7.11 Å². The summed E-state index contributed by atoms with van der Waals surface area (Å²) in [5.41, 5.74) is 0.909. The Kier molecular flexibility index (Phi) is 7.98. The van der Waals surface area contributed by atoms with Crippen LogP contribution in [0.3, 0.4) is 0 Å². The summed E-state index contributed by atoms with van der Waals surface area (Å²) in [5.74, 6) is 0. The lowest BCUT2D eigenvalue weighted by Gasteiger charge is -2.24. The summed E-state index contributed by atoms with van der Waals surface area (Å²) >= 11 is 2.22. The topological polar surface area (TPSA) is 56.8 Å². The van der Waals surface area contributed by atoms with Crippen LogP contribution < -0.4 is 5.32 Å². The highest BCUT2D eigenvalue weighted by atomic mass is 127. The lowest BCUT2D eigenvalue weighted by molar-refractivity contribution is -0.223. The van der Waals surface area contributed by atoms with Crippen LogP contribution in [0.2, 0.25) is 0 Å². The molecule has 0 aliphatic heterocycles. The molecular formula is C15H22INO4. The predicted octanol–water partition coefficient (Wildman–Crippen LogP) is 3.82. The minimum atomic E-state index is -0.662. The minimum Gasteiger partial charge on any atom is -0.420 e. The van der Waals surface area contributed by atoms with Crippen molar-refractivity contribution in [3.63, 3.8) is 0 Å². The van der Waals surface area contributed by atoms with Crippen molar-refractivity contribution in [3.05, 3.63) is 33.4 Å². The first-order valence-corrected chi connectivity index (χ1v) is 7.95. The number of methoxy groups -OCH3 is 1. The Hall–Kier alpha value is -0.860. The van der Waals surface area contributed by atoms with Crippen LogP contribution in [-0.2, 0) is 14.2 Å². The van der Waals surface area contributed by atoms with Crippen LogP contribution in [0, 0.1) is 3.57 Å². The number of amides is 1. The van der Waals surface area contributed by atoms with Gasteiger partial charge in [0.25, 0.3) is 0 Å². The molecule has 118 valence electrons. The van der Waals surface area contributed by atoms with Gasteiger partial charge in [-0.05, 0) is 42.5 Å². The molecule has 0 aliphatic carbocycles. The molecule has 0 spiro atoms. The van der Waals surface area contributed by atoms with Crippen molar-refractivity contribution in [1.82, 2.24) is 5.32 Å². The van der Waals surface area contributed by atoms with E-state index in [0.29, 0.717) is 6.42 Å². The molecular weight excluding hydrogens is 385 g/mol. The first kappa shape index (κ1) is 18.2. The summed E-state index contributed by atoms with van der Waals surface area (Å²) in [5, 5.41) is 2.67. The maximum Gasteiger partial charge on any atom is 0.409 e. The van der Waals surface area contributed by atoms with Crippen molar-refractivity contribution < 1.29 is 19.0 Å². The fraction of sp³-hybridized carbons (Fsp3) is 0.533. The van der Waals surface area contributed by atoms with E-state index in [9.17, 15) is 4.79 Å². The third-order valence-electron chi connectivity index (χ3n) is 2.63. The number of halogens is 1. The van der Waals surface area contributed by atoms with Gasteiger partial charge in [-0.3, -0.25) is 0 Å². The normalized spacial score (nSPS) is 13.8. The number of carbonyl (C=O) groups is 1. The van der Waals surface area contributed by atoms with Crippen LogP contribution in [0.25, 0.3) is 0 Å². The number of hydrogen-bond acceptors (Lipinski definition) is 4. The second-order valence-electron chi connectivity index (χ2n) is 4.77. The van der Waals surface area contributed by atoms with Gasteiger partial charge in [0, 0.05) is 28.7 Å². The van der Waals surface area contributed by atoms with Crippen molar-refractivity contribution in [2.24, 2.45) is 0 Å². The van der Waals surface area contributed by atoms with Crippen LogP contribution in [-0.4, -0.2) is 25.5 Å². The fourth-order valence-electron chi connectivity index (χ4n) is 1.66. The van der Waals surface area contributed by atoms with Crippen molar-refractivity contribution in [1.29, 1.82) is 0 Å². The molecule has 21 heavy (non-hydrogen) atoms. The maximum atomic E-state index is 11.6. The van der Waals surface area contributed by atoms with Crippen molar-refractivity contribution in [3.8, 4) is 0 Å². The Labute approximate surface area is 139 Å². The summed E-state index contributed by atoms with van der Waals surface area (Å²) < 4.78 is 17.4. The summed E-state index contributed by atoms with van der Waals surface area (Å²) in [6.07, 6.45) is -1.19. The summed E-state index contributed by atoms with van der Waals surface area (Å²) in [4.78, 5) is 11.6. The highest BCUT2D eigenvalue weighted by molar-refractivity contribution is 14.1. The van der Waals surface area contributed by atoms with Gasteiger partial charge in [-0.25, -0.2) is 4.79 Å². The molecule has 5 nitrogen and oxygen atoms in total. The molecule has 6 heteroatoms. The average molecular weight is 407 g/mol. The SMILES string of the molecule is CC[C@H](OC(=O)NC(C)C)O[C@H](OC)c1ccccc1I. The Balaban J connectivity index is 2.70. The standard InChI is InChI=1S/C15H22INO4/c1-5-13(21-15(18)17-10(2)3)20-14(19-4)11-8-6-7-9-12(11)16/h6-10,13-14H,5H2,1-4H3,(H,17,18)/t13-,14-/m0/s1. The zero-order valence-electron chi connectivity index (χ0n) is 12.8. The smallest absolute Gasteiger partial charge is 0.409 e. The Morgan fingerprint density at radius 1 is 1.33 bits per heavy atom. The number of carbonyl (C=O) groups excluding carboxylic acids is 1. The Morgan fingerprint density at radius 3 is 2.52 bits per heavy atom. The summed E-state index contributed by atoms with van der Waals surface area (Å²) in [6.45, 7) is 5.62. The summed E-state index contributed by atoms with van der Waals surface area (Å²) in [7, 11) is 1.56. The molecule has 0 saturated carbocycles. The second-order valence-corrected chi connectivity index (χ2v) is 5.93. The van der Waals surface area contributed by atoms with E-state index in [1.165, 1.54) is 0 Å². The summed E-state index contributed by atoms with van der Waals surface area (Å²) in [6, 6.07) is 7.78. The molecule has 1 rings (SSSR count). The van der Waals surface area contributed by atoms with E-state index in [1.807, 2.05) is 45.0 Å². The average Bonchev–Trinajstić information content (AvgIpc) is 2.43. The van der Waals surface area contributed by atoms with Gasteiger partial charge in [0.05, 0.1) is 0 Å². The third kappa shape index (κ3) is 6.19. The zero-order chi connectivity index (χ0) is 15.8. The molecule has 0 aliphatic rings. The first-order chi connectivity index (χ1) is 9.97. The number of benzene rings is 1. The molecule has 0 fully saturated rings. The number of nitrogens with one attached hydrogen (secondary N) is 1. The van der Waals surface area contributed by atoms with Gasteiger partial charge in [-0.2, -0.15) is 0 Å². The quantitative estimate of drug-likeness (QED) is 0.552. The molecule has 0 radical (unpaired) electrons. The van der Waals surface area contributed by atoms with Crippen LogP contribution in [0.5, 0.6) is 0 Å². The van der Waals surface area contributed by atoms with Gasteiger partial charge in [-0.1, -0.05) is 25.1 Å². The molecule has 1 N–H and O–H groups in total. The molecule has 0 saturated heterocycles. The van der Waals surface area contributed by atoms with Crippen LogP contribution in [0.15, 0.2) is 24.3 Å². The molecule has 1 aromatic rings. The maximum absolute atomic E-state index is 11.6. The Morgan fingerprint density at radius 2 is 2.00 bits per heavy atom. The van der Waals surface area contributed by atoms with Crippen molar-refractivity contribution in [2.45, 2.75) is 45.8 Å². The molecule has 0 heterocycles. The lowest BCUT2D eigenvalue weighted by atomic mass is 10.2. The second kappa shape index (κ2) is 9.22. The van der Waals surface area contributed by atoms with E-state index in [-0.39, 0.29) is 6.04 Å². The fourth-order valence-corrected chi connectivity index (χ4v) is 2.30. The molecule has 1 aromatic carbocycles. The Bertz CT molecular complexity index is 453. The molecule has 2 atom stereocenters. The molecule has 0 aromatic heterocycles. The van der Waals surface area contributed by atoms with E-state index in [0.717, 1.165) is 9.13 Å². The van der Waals surface area contributed by atoms with Gasteiger partial charge in [0.15, 0.2) is 6.29 Å². The van der Waals surface area contributed by atoms with Crippen LogP contribution in [0.1, 0.15) is 39.0 Å². The van der Waals surface area contributed by atoms with Crippen molar-refractivity contribution in [2.75, 3.05) is 7.11 Å². The first-order valence-electron chi connectivity index (χ1n) is 6.87. The van der Waals surface area contributed by atoms with E-state index in [2.05, 4.69) is 27.9 Å². The highest BCUT2D eigenvalue weighted by Gasteiger charge is 2.21. The number of alkyl carbamates (subject to hydrolysis) is 1. The van der Waals surface area contributed by atoms with Crippen LogP contribution >= 0.6 is 22.6 Å². The van der Waals surface area contributed by atoms with E-state index >= 15 is 0 Å². The predicted molar refractivity (Wildman–Crippen MR) is 88.8 cm³/mol. The zero-order valence-corrected chi connectivity index (χ0v) is 14.9. The molecule has 0 bridgehead atoms. The number of hydrogen-bond donors (Lipinski definition) is 1. The number of ether oxygens (including phenoxy) is 3. The van der Waals surface area contributed by atoms with Gasteiger partial charge in [0.1, 0.15) is 0 Å². The molecule has 1 amide bonds. The number of rotatable bonds is 7. The third-order valence-corrected chi connectivity index (χ3v) is 3.61.